The highest BCUT2D eigenvalue weighted by Gasteiger charge is 2.20. The highest BCUT2D eigenvalue weighted by atomic mass is 16.5. The van der Waals surface area contributed by atoms with Gasteiger partial charge in [-0.2, -0.15) is 0 Å². The van der Waals surface area contributed by atoms with Gasteiger partial charge in [0.1, 0.15) is 17.1 Å². The summed E-state index contributed by atoms with van der Waals surface area (Å²) in [4.78, 5) is 34.2. The number of hydrogen-bond acceptors (Lipinski definition) is 5. The van der Waals surface area contributed by atoms with Crippen molar-refractivity contribution in [1.82, 2.24) is 14.9 Å². The summed E-state index contributed by atoms with van der Waals surface area (Å²) in [6.45, 7) is 4.06. The SMILES string of the molecule is COC(=O)c1cccc2[nH]c(CN(C)C(=O)c3c(C)cc(OC)cc3C)nc12. The van der Waals surface area contributed by atoms with Crippen molar-refractivity contribution in [3.8, 4) is 5.75 Å². The summed E-state index contributed by atoms with van der Waals surface area (Å²) in [5.74, 6) is 0.761. The van der Waals surface area contributed by atoms with Crippen LogP contribution in [-0.2, 0) is 11.3 Å². The summed E-state index contributed by atoms with van der Waals surface area (Å²) in [6.07, 6.45) is 0. The molecule has 0 saturated heterocycles. The van der Waals surface area contributed by atoms with Crippen molar-refractivity contribution in [2.24, 2.45) is 0 Å². The van der Waals surface area contributed by atoms with Gasteiger partial charge >= 0.3 is 5.97 Å². The Balaban J connectivity index is 1.88. The lowest BCUT2D eigenvalue weighted by molar-refractivity contribution is 0.0602. The van der Waals surface area contributed by atoms with E-state index in [0.29, 0.717) is 22.5 Å². The number of esters is 1. The number of imidazole rings is 1. The summed E-state index contributed by atoms with van der Waals surface area (Å²) in [5.41, 5.74) is 3.99. The zero-order valence-electron chi connectivity index (χ0n) is 16.6. The Morgan fingerprint density at radius 2 is 1.82 bits per heavy atom. The number of nitrogens with one attached hydrogen (secondary N) is 1. The second-order valence-corrected chi connectivity index (χ2v) is 6.67. The molecule has 3 rings (SSSR count). The van der Waals surface area contributed by atoms with E-state index in [1.165, 1.54) is 7.11 Å². The van der Waals surface area contributed by atoms with Crippen molar-refractivity contribution < 1.29 is 19.1 Å². The fraction of sp³-hybridized carbons (Fsp3) is 0.286. The molecule has 0 spiro atoms. The topological polar surface area (TPSA) is 84.5 Å². The van der Waals surface area contributed by atoms with Crippen LogP contribution in [0.2, 0.25) is 0 Å². The standard InChI is InChI=1S/C21H23N3O4/c1-12-9-14(27-4)10-13(2)18(12)20(25)24(3)11-17-22-16-8-6-7-15(19(16)23-17)21(26)28-5/h6-10H,11H2,1-5H3,(H,22,23). The van der Waals surface area contributed by atoms with E-state index in [2.05, 4.69) is 9.97 Å². The summed E-state index contributed by atoms with van der Waals surface area (Å²) in [6, 6.07) is 8.95. The van der Waals surface area contributed by atoms with Crippen LogP contribution in [0.1, 0.15) is 37.7 Å². The minimum atomic E-state index is -0.447. The Morgan fingerprint density at radius 3 is 2.43 bits per heavy atom. The van der Waals surface area contributed by atoms with E-state index in [0.717, 1.165) is 22.4 Å². The van der Waals surface area contributed by atoms with Crippen LogP contribution in [0.15, 0.2) is 30.3 Å². The predicted octanol–water partition coefficient (Wildman–Crippen LogP) is 3.25. The van der Waals surface area contributed by atoms with Gasteiger partial charge < -0.3 is 19.4 Å². The van der Waals surface area contributed by atoms with Gasteiger partial charge in [0, 0.05) is 12.6 Å². The van der Waals surface area contributed by atoms with E-state index in [1.807, 2.05) is 32.0 Å². The molecule has 146 valence electrons. The van der Waals surface area contributed by atoms with Crippen molar-refractivity contribution in [1.29, 1.82) is 0 Å². The molecule has 0 radical (unpaired) electrons. The number of H-pyrrole nitrogens is 1. The molecular formula is C21H23N3O4. The van der Waals surface area contributed by atoms with Gasteiger partial charge in [0.15, 0.2) is 0 Å². The van der Waals surface area contributed by atoms with Crippen LogP contribution in [0.3, 0.4) is 0 Å². The van der Waals surface area contributed by atoms with Crippen LogP contribution in [-0.4, -0.2) is 48.0 Å². The van der Waals surface area contributed by atoms with Crippen molar-refractivity contribution >= 4 is 22.9 Å². The van der Waals surface area contributed by atoms with Crippen LogP contribution >= 0.6 is 0 Å². The van der Waals surface area contributed by atoms with Gasteiger partial charge in [-0.1, -0.05) is 6.07 Å². The third-order valence-corrected chi connectivity index (χ3v) is 4.66. The summed E-state index contributed by atoms with van der Waals surface area (Å²) < 4.78 is 10.1. The number of fused-ring (bicyclic) bond motifs is 1. The first-order chi connectivity index (χ1) is 13.3. The molecule has 7 nitrogen and oxygen atoms in total. The third kappa shape index (κ3) is 3.55. The molecule has 0 fully saturated rings. The minimum Gasteiger partial charge on any atom is -0.497 e. The number of methoxy groups -OCH3 is 2. The number of ether oxygens (including phenoxy) is 2. The molecule has 28 heavy (non-hydrogen) atoms. The Morgan fingerprint density at radius 1 is 1.14 bits per heavy atom. The molecule has 0 aliphatic rings. The maximum atomic E-state index is 13.0. The zero-order chi connectivity index (χ0) is 20.4. The summed E-state index contributed by atoms with van der Waals surface area (Å²) in [5, 5.41) is 0. The number of benzene rings is 2. The van der Waals surface area contributed by atoms with E-state index in [-0.39, 0.29) is 12.5 Å². The van der Waals surface area contributed by atoms with Gasteiger partial charge in [-0.15, -0.1) is 0 Å². The van der Waals surface area contributed by atoms with Crippen LogP contribution in [0.5, 0.6) is 5.75 Å². The van der Waals surface area contributed by atoms with Crippen LogP contribution < -0.4 is 4.74 Å². The minimum absolute atomic E-state index is 0.105. The molecule has 1 heterocycles. The highest BCUT2D eigenvalue weighted by molar-refractivity contribution is 6.02. The molecule has 0 aliphatic carbocycles. The number of amides is 1. The van der Waals surface area contributed by atoms with Crippen molar-refractivity contribution in [2.45, 2.75) is 20.4 Å². The fourth-order valence-electron chi connectivity index (χ4n) is 3.30. The van der Waals surface area contributed by atoms with Gasteiger partial charge in [0.2, 0.25) is 0 Å². The fourth-order valence-corrected chi connectivity index (χ4v) is 3.30. The van der Waals surface area contributed by atoms with Crippen molar-refractivity contribution in [3.63, 3.8) is 0 Å². The number of hydrogen-bond donors (Lipinski definition) is 1. The third-order valence-electron chi connectivity index (χ3n) is 4.66. The first kappa shape index (κ1) is 19.4. The van der Waals surface area contributed by atoms with Gasteiger partial charge in [0.05, 0.1) is 31.8 Å². The molecular weight excluding hydrogens is 358 g/mol. The maximum Gasteiger partial charge on any atom is 0.340 e. The molecule has 7 heteroatoms. The van der Waals surface area contributed by atoms with Crippen LogP contribution in [0.4, 0.5) is 0 Å². The number of rotatable bonds is 5. The Hall–Kier alpha value is -3.35. The van der Waals surface area contributed by atoms with E-state index >= 15 is 0 Å². The Bertz CT molecular complexity index is 1030. The lowest BCUT2D eigenvalue weighted by Crippen LogP contribution is -2.28. The Kier molecular flexibility index (Phi) is 5.35. The van der Waals surface area contributed by atoms with E-state index < -0.39 is 5.97 Å². The molecule has 1 amide bonds. The van der Waals surface area contributed by atoms with Crippen LogP contribution in [0.25, 0.3) is 11.0 Å². The quantitative estimate of drug-likeness (QED) is 0.686. The van der Waals surface area contributed by atoms with Gasteiger partial charge in [0.25, 0.3) is 5.91 Å². The first-order valence-electron chi connectivity index (χ1n) is 8.82. The summed E-state index contributed by atoms with van der Waals surface area (Å²) >= 11 is 0. The maximum absolute atomic E-state index is 13.0. The summed E-state index contributed by atoms with van der Waals surface area (Å²) in [7, 11) is 4.66. The molecule has 0 bridgehead atoms. The number of aromatic nitrogens is 2. The number of aromatic amines is 1. The molecule has 1 N–H and O–H groups in total. The molecule has 0 saturated carbocycles. The van der Waals surface area contributed by atoms with Gasteiger partial charge in [-0.3, -0.25) is 4.79 Å². The highest BCUT2D eigenvalue weighted by Crippen LogP contribution is 2.24. The molecule has 0 unspecified atom stereocenters. The number of nitrogens with zero attached hydrogens (tertiary/aromatic N) is 2. The Labute approximate surface area is 163 Å². The molecule has 2 aromatic carbocycles. The smallest absolute Gasteiger partial charge is 0.340 e. The lowest BCUT2D eigenvalue weighted by Gasteiger charge is -2.19. The second-order valence-electron chi connectivity index (χ2n) is 6.67. The van der Waals surface area contributed by atoms with Crippen LogP contribution in [0, 0.1) is 13.8 Å². The predicted molar refractivity (Wildman–Crippen MR) is 106 cm³/mol. The average molecular weight is 381 g/mol. The molecule has 0 aliphatic heterocycles. The average Bonchev–Trinajstić information content (AvgIpc) is 3.08. The van der Waals surface area contributed by atoms with Gasteiger partial charge in [-0.25, -0.2) is 9.78 Å². The molecule has 0 atom stereocenters. The monoisotopic (exact) mass is 381 g/mol. The number of aryl methyl sites for hydroxylation is 2. The number of carbonyl (C=O) groups is 2. The zero-order valence-corrected chi connectivity index (χ0v) is 16.6. The molecule has 3 aromatic rings. The van der Waals surface area contributed by atoms with Gasteiger partial charge in [-0.05, 0) is 49.2 Å². The second kappa shape index (κ2) is 7.72. The van der Waals surface area contributed by atoms with E-state index in [9.17, 15) is 9.59 Å². The lowest BCUT2D eigenvalue weighted by atomic mass is 10.0. The van der Waals surface area contributed by atoms with E-state index in [4.69, 9.17) is 9.47 Å². The van der Waals surface area contributed by atoms with Crippen molar-refractivity contribution in [3.05, 3.63) is 58.4 Å². The normalized spacial score (nSPS) is 10.8. The first-order valence-corrected chi connectivity index (χ1v) is 8.82. The molecule has 1 aromatic heterocycles. The van der Waals surface area contributed by atoms with E-state index in [1.54, 1.807) is 31.2 Å². The number of carbonyl (C=O) groups excluding carboxylic acids is 2. The number of para-hydroxylation sites is 1. The largest absolute Gasteiger partial charge is 0.497 e. The van der Waals surface area contributed by atoms with Crippen molar-refractivity contribution in [2.75, 3.05) is 21.3 Å².